The highest BCUT2D eigenvalue weighted by atomic mass is 32.2. The van der Waals surface area contributed by atoms with Crippen LogP contribution in [-0.4, -0.2) is 44.0 Å². The van der Waals surface area contributed by atoms with Crippen LogP contribution in [0.2, 0.25) is 0 Å². The predicted molar refractivity (Wildman–Crippen MR) is 154 cm³/mol. The van der Waals surface area contributed by atoms with Gasteiger partial charge in [0.15, 0.2) is 11.0 Å². The Morgan fingerprint density at radius 2 is 1.77 bits per heavy atom. The molecule has 218 valence electrons. The number of aliphatic imine (C=N–C) groups is 1. The number of amidine groups is 1. The number of nitrogens with one attached hydrogen (secondary N) is 1. The van der Waals surface area contributed by atoms with Crippen LogP contribution in [0.15, 0.2) is 78.0 Å². The fourth-order valence-corrected chi connectivity index (χ4v) is 5.25. The fraction of sp³-hybridized carbons (Fsp3) is 0.172. The van der Waals surface area contributed by atoms with Crippen LogP contribution >= 0.6 is 11.8 Å². The third-order valence-electron chi connectivity index (χ3n) is 6.35. The van der Waals surface area contributed by atoms with Gasteiger partial charge >= 0.3 is 12.4 Å². The summed E-state index contributed by atoms with van der Waals surface area (Å²) in [7, 11) is 0. The van der Waals surface area contributed by atoms with Gasteiger partial charge in [-0.2, -0.15) is 10.3 Å². The van der Waals surface area contributed by atoms with Gasteiger partial charge in [-0.3, -0.25) is 9.69 Å². The molecule has 4 aromatic rings. The van der Waals surface area contributed by atoms with Crippen LogP contribution in [0.25, 0.3) is 17.1 Å². The van der Waals surface area contributed by atoms with E-state index in [0.29, 0.717) is 28.3 Å². The SMILES string of the molecule is Cc1cccc(C)c1N1C(=O)CSC1=NC(=O)NC(C#N)c1ccc(-c2ncn(-c3ccc(OC(F)(F)F)cc3)n2)cc1. The maximum atomic E-state index is 12.8. The average molecular weight is 606 g/mol. The molecule has 1 aliphatic heterocycles. The van der Waals surface area contributed by atoms with Crippen molar-refractivity contribution in [1.82, 2.24) is 20.1 Å². The Hall–Kier alpha value is -5.16. The van der Waals surface area contributed by atoms with Gasteiger partial charge in [-0.25, -0.2) is 14.5 Å². The molecule has 1 N–H and O–H groups in total. The van der Waals surface area contributed by atoms with Crippen molar-refractivity contribution in [1.29, 1.82) is 5.26 Å². The van der Waals surface area contributed by atoms with Crippen molar-refractivity contribution < 1.29 is 27.5 Å². The number of nitrogens with zero attached hydrogens (tertiary/aromatic N) is 6. The van der Waals surface area contributed by atoms with Crippen molar-refractivity contribution >= 4 is 34.6 Å². The predicted octanol–water partition coefficient (Wildman–Crippen LogP) is 5.86. The van der Waals surface area contributed by atoms with Crippen LogP contribution < -0.4 is 15.0 Å². The number of anilines is 1. The van der Waals surface area contributed by atoms with Gasteiger partial charge in [-0.05, 0) is 54.8 Å². The van der Waals surface area contributed by atoms with Gasteiger partial charge < -0.3 is 10.1 Å². The highest BCUT2D eigenvalue weighted by molar-refractivity contribution is 8.15. The van der Waals surface area contributed by atoms with Gasteiger partial charge in [0.2, 0.25) is 5.91 Å². The summed E-state index contributed by atoms with van der Waals surface area (Å²) in [6.07, 6.45) is -3.37. The number of amides is 3. The van der Waals surface area contributed by atoms with Crippen molar-refractivity contribution in [2.75, 3.05) is 10.7 Å². The summed E-state index contributed by atoms with van der Waals surface area (Å²) in [5.74, 6) is -0.0672. The zero-order valence-electron chi connectivity index (χ0n) is 22.7. The maximum absolute atomic E-state index is 12.8. The molecule has 0 aliphatic carbocycles. The number of halogens is 3. The molecule has 0 saturated carbocycles. The van der Waals surface area contributed by atoms with E-state index in [4.69, 9.17) is 0 Å². The van der Waals surface area contributed by atoms with Crippen LogP contribution in [0, 0.1) is 25.2 Å². The number of thioether (sulfide) groups is 1. The van der Waals surface area contributed by atoms with E-state index in [9.17, 15) is 28.0 Å². The molecule has 43 heavy (non-hydrogen) atoms. The number of carbonyl (C=O) groups is 2. The summed E-state index contributed by atoms with van der Waals surface area (Å²) in [5.41, 5.74) is 3.98. The first-order chi connectivity index (χ1) is 20.5. The minimum atomic E-state index is -4.79. The number of hydrogen-bond acceptors (Lipinski definition) is 7. The summed E-state index contributed by atoms with van der Waals surface area (Å²) in [6, 6.07) is 17.7. The summed E-state index contributed by atoms with van der Waals surface area (Å²) in [5, 5.41) is 16.9. The highest BCUT2D eigenvalue weighted by Gasteiger charge is 2.33. The molecule has 10 nitrogen and oxygen atoms in total. The van der Waals surface area contributed by atoms with Gasteiger partial charge in [0.1, 0.15) is 18.1 Å². The molecule has 1 atom stereocenters. The van der Waals surface area contributed by atoms with Gasteiger partial charge in [0.05, 0.1) is 23.2 Å². The Balaban J connectivity index is 1.27. The molecule has 1 saturated heterocycles. The number of alkyl halides is 3. The molecular formula is C29H22F3N7O3S. The average Bonchev–Trinajstić information content (AvgIpc) is 3.59. The molecule has 5 rings (SSSR count). The number of benzene rings is 3. The first kappa shape index (κ1) is 29.3. The lowest BCUT2D eigenvalue weighted by atomic mass is 10.1. The minimum Gasteiger partial charge on any atom is -0.406 e. The molecular weight excluding hydrogens is 583 g/mol. The molecule has 0 bridgehead atoms. The van der Waals surface area contributed by atoms with Gasteiger partial charge in [0, 0.05) is 5.56 Å². The number of aromatic nitrogens is 3. The Labute approximate surface area is 247 Å². The van der Waals surface area contributed by atoms with Crippen molar-refractivity contribution in [3.63, 3.8) is 0 Å². The van der Waals surface area contributed by atoms with E-state index in [0.717, 1.165) is 22.9 Å². The molecule has 0 spiro atoms. The van der Waals surface area contributed by atoms with E-state index in [-0.39, 0.29) is 22.6 Å². The lowest BCUT2D eigenvalue weighted by Crippen LogP contribution is -2.33. The molecule has 0 radical (unpaired) electrons. The lowest BCUT2D eigenvalue weighted by Gasteiger charge is -2.20. The zero-order chi connectivity index (χ0) is 30.7. The quantitative estimate of drug-likeness (QED) is 0.292. The van der Waals surface area contributed by atoms with E-state index in [1.807, 2.05) is 38.1 Å². The van der Waals surface area contributed by atoms with E-state index >= 15 is 0 Å². The standard InChI is InChI=1S/C29H22F3N7O3S/c1-17-4-3-5-18(2)25(17)39-24(40)15-43-28(39)36-27(41)35-23(14-33)19-6-8-20(9-7-19)26-34-16-38(37-26)21-10-12-22(13-11-21)42-29(30,31)32/h3-13,16,23H,15H2,1-2H3,(H,35,41). The monoisotopic (exact) mass is 605 g/mol. The Kier molecular flexibility index (Phi) is 8.18. The van der Waals surface area contributed by atoms with E-state index in [1.165, 1.54) is 40.2 Å². The number of urea groups is 1. The molecule has 14 heteroatoms. The molecule has 1 aliphatic rings. The maximum Gasteiger partial charge on any atom is 0.573 e. The number of rotatable bonds is 6. The van der Waals surface area contributed by atoms with Crippen LogP contribution in [0.4, 0.5) is 23.7 Å². The van der Waals surface area contributed by atoms with E-state index in [1.54, 1.807) is 24.3 Å². The van der Waals surface area contributed by atoms with Crippen molar-refractivity contribution in [3.8, 4) is 28.9 Å². The molecule has 1 fully saturated rings. The fourth-order valence-electron chi connectivity index (χ4n) is 4.40. The third-order valence-corrected chi connectivity index (χ3v) is 7.27. The van der Waals surface area contributed by atoms with E-state index in [2.05, 4.69) is 25.1 Å². The Morgan fingerprint density at radius 3 is 2.40 bits per heavy atom. The minimum absolute atomic E-state index is 0.143. The lowest BCUT2D eigenvalue weighted by molar-refractivity contribution is -0.274. The number of ether oxygens (including phenoxy) is 1. The normalized spacial score (nSPS) is 14.9. The number of hydrogen-bond donors (Lipinski definition) is 1. The topological polar surface area (TPSA) is 126 Å². The molecule has 3 aromatic carbocycles. The van der Waals surface area contributed by atoms with Gasteiger partial charge in [-0.15, -0.1) is 18.3 Å². The molecule has 3 amide bonds. The van der Waals surface area contributed by atoms with Gasteiger partial charge in [0.25, 0.3) is 0 Å². The summed E-state index contributed by atoms with van der Waals surface area (Å²) >= 11 is 1.15. The van der Waals surface area contributed by atoms with E-state index < -0.39 is 18.4 Å². The van der Waals surface area contributed by atoms with Crippen molar-refractivity contribution in [2.45, 2.75) is 26.3 Å². The van der Waals surface area contributed by atoms with Crippen LogP contribution in [-0.2, 0) is 4.79 Å². The zero-order valence-corrected chi connectivity index (χ0v) is 23.5. The second kappa shape index (κ2) is 12.0. The first-order valence-electron chi connectivity index (χ1n) is 12.7. The molecule has 2 heterocycles. The number of para-hydroxylation sites is 1. The highest BCUT2D eigenvalue weighted by Crippen LogP contribution is 2.32. The molecule has 1 aromatic heterocycles. The second-order valence-corrected chi connectivity index (χ2v) is 10.3. The van der Waals surface area contributed by atoms with Gasteiger partial charge in [-0.1, -0.05) is 54.2 Å². The molecule has 1 unspecified atom stereocenters. The number of carbonyl (C=O) groups excluding carboxylic acids is 2. The Morgan fingerprint density at radius 1 is 1.09 bits per heavy atom. The van der Waals surface area contributed by atoms with Crippen LogP contribution in [0.1, 0.15) is 22.7 Å². The summed E-state index contributed by atoms with van der Waals surface area (Å²) < 4.78 is 42.5. The van der Waals surface area contributed by atoms with Crippen LogP contribution in [0.3, 0.4) is 0 Å². The smallest absolute Gasteiger partial charge is 0.406 e. The second-order valence-electron chi connectivity index (χ2n) is 9.34. The van der Waals surface area contributed by atoms with Crippen LogP contribution in [0.5, 0.6) is 5.75 Å². The third kappa shape index (κ3) is 6.68. The number of nitriles is 1. The number of aryl methyl sites for hydroxylation is 2. The summed E-state index contributed by atoms with van der Waals surface area (Å²) in [4.78, 5) is 35.2. The summed E-state index contributed by atoms with van der Waals surface area (Å²) in [6.45, 7) is 3.75. The Bertz CT molecular complexity index is 1730. The first-order valence-corrected chi connectivity index (χ1v) is 13.7. The van der Waals surface area contributed by atoms with Crippen molar-refractivity contribution in [3.05, 3.63) is 89.7 Å². The largest absolute Gasteiger partial charge is 0.573 e. The van der Waals surface area contributed by atoms with Crippen molar-refractivity contribution in [2.24, 2.45) is 4.99 Å².